The minimum absolute atomic E-state index is 0.0868. The molecule has 98 valence electrons. The van der Waals surface area contributed by atoms with Crippen LogP contribution in [-0.2, 0) is 0 Å². The third kappa shape index (κ3) is 3.33. The molecule has 1 N–H and O–H groups in total. The van der Waals surface area contributed by atoms with Crippen LogP contribution in [0.2, 0.25) is 0 Å². The maximum atomic E-state index is 11.7. The van der Waals surface area contributed by atoms with Gasteiger partial charge in [-0.1, -0.05) is 6.42 Å². The highest BCUT2D eigenvalue weighted by Gasteiger charge is 2.18. The molecule has 0 aliphatic heterocycles. The van der Waals surface area contributed by atoms with Gasteiger partial charge in [0, 0.05) is 5.56 Å². The number of nitrogens with one attached hydrogen (secondary N) is 1. The van der Waals surface area contributed by atoms with Gasteiger partial charge in [0.1, 0.15) is 5.75 Å². The highest BCUT2D eigenvalue weighted by atomic mass is 79.9. The van der Waals surface area contributed by atoms with Gasteiger partial charge in [-0.2, -0.15) is 0 Å². The van der Waals surface area contributed by atoms with Gasteiger partial charge in [0.2, 0.25) is 0 Å². The number of likely N-dealkylation sites (N-methyl/N-ethyl adjacent to an activating group) is 1. The maximum Gasteiger partial charge on any atom is 0.176 e. The number of carbonyl (C=O) groups excluding carboxylic acids is 1. The zero-order valence-corrected chi connectivity index (χ0v) is 12.1. The zero-order valence-electron chi connectivity index (χ0n) is 10.5. The molecule has 1 fully saturated rings. The molecule has 0 atom stereocenters. The number of ketones is 1. The van der Waals surface area contributed by atoms with Gasteiger partial charge >= 0.3 is 0 Å². The molecule has 0 heterocycles. The van der Waals surface area contributed by atoms with Gasteiger partial charge in [-0.3, -0.25) is 4.79 Å². The number of halogens is 1. The highest BCUT2D eigenvalue weighted by Crippen LogP contribution is 2.30. The van der Waals surface area contributed by atoms with Crippen molar-refractivity contribution in [1.29, 1.82) is 0 Å². The van der Waals surface area contributed by atoms with E-state index in [-0.39, 0.29) is 5.78 Å². The standard InChI is InChI=1S/C14H18BrNO2/c1-16-8-13(17)11-5-6-14(12(15)7-11)18-9-10-3-2-4-10/h5-7,10,16H,2-4,8-9H2,1H3. The van der Waals surface area contributed by atoms with Gasteiger partial charge in [0.25, 0.3) is 0 Å². The van der Waals surface area contributed by atoms with E-state index in [2.05, 4.69) is 21.2 Å². The molecule has 2 rings (SSSR count). The molecule has 1 saturated carbocycles. The van der Waals surface area contributed by atoms with Crippen molar-refractivity contribution >= 4 is 21.7 Å². The summed E-state index contributed by atoms with van der Waals surface area (Å²) in [7, 11) is 1.77. The van der Waals surface area contributed by atoms with E-state index in [0.717, 1.165) is 16.8 Å². The summed E-state index contributed by atoms with van der Waals surface area (Å²) in [6.07, 6.45) is 3.87. The number of benzene rings is 1. The molecule has 18 heavy (non-hydrogen) atoms. The van der Waals surface area contributed by atoms with Crippen LogP contribution >= 0.6 is 15.9 Å². The zero-order chi connectivity index (χ0) is 13.0. The topological polar surface area (TPSA) is 38.3 Å². The van der Waals surface area contributed by atoms with Crippen LogP contribution in [0.25, 0.3) is 0 Å². The van der Waals surface area contributed by atoms with Crippen LogP contribution in [0, 0.1) is 5.92 Å². The van der Waals surface area contributed by atoms with E-state index in [1.54, 1.807) is 7.05 Å². The number of ether oxygens (including phenoxy) is 1. The van der Waals surface area contributed by atoms with Gasteiger partial charge in [-0.05, 0) is 59.9 Å². The monoisotopic (exact) mass is 311 g/mol. The first-order valence-electron chi connectivity index (χ1n) is 6.31. The van der Waals surface area contributed by atoms with Crippen LogP contribution in [0.5, 0.6) is 5.75 Å². The van der Waals surface area contributed by atoms with Crippen molar-refractivity contribution in [3.8, 4) is 5.75 Å². The number of hydrogen-bond donors (Lipinski definition) is 1. The van der Waals surface area contributed by atoms with Crippen LogP contribution in [0.4, 0.5) is 0 Å². The van der Waals surface area contributed by atoms with Crippen molar-refractivity contribution in [2.75, 3.05) is 20.2 Å². The van der Waals surface area contributed by atoms with Gasteiger partial charge in [-0.15, -0.1) is 0 Å². The molecule has 0 amide bonds. The Morgan fingerprint density at radius 2 is 2.28 bits per heavy atom. The van der Waals surface area contributed by atoms with E-state index in [9.17, 15) is 4.79 Å². The number of hydrogen-bond acceptors (Lipinski definition) is 3. The SMILES string of the molecule is CNCC(=O)c1ccc(OCC2CCC2)c(Br)c1. The van der Waals surface area contributed by atoms with E-state index in [0.29, 0.717) is 18.0 Å². The van der Waals surface area contributed by atoms with Gasteiger partial charge in [0.05, 0.1) is 17.6 Å². The minimum Gasteiger partial charge on any atom is -0.492 e. The van der Waals surface area contributed by atoms with Crippen LogP contribution in [0.1, 0.15) is 29.6 Å². The van der Waals surface area contributed by atoms with Crippen LogP contribution in [0.15, 0.2) is 22.7 Å². The van der Waals surface area contributed by atoms with Crippen molar-refractivity contribution in [2.24, 2.45) is 5.92 Å². The molecule has 0 saturated heterocycles. The van der Waals surface area contributed by atoms with E-state index in [1.807, 2.05) is 18.2 Å². The predicted molar refractivity (Wildman–Crippen MR) is 75.2 cm³/mol. The summed E-state index contributed by atoms with van der Waals surface area (Å²) in [5.41, 5.74) is 0.701. The molecule has 1 aliphatic carbocycles. The van der Waals surface area contributed by atoms with E-state index < -0.39 is 0 Å². The smallest absolute Gasteiger partial charge is 0.176 e. The van der Waals surface area contributed by atoms with E-state index >= 15 is 0 Å². The summed E-state index contributed by atoms with van der Waals surface area (Å²) >= 11 is 3.46. The lowest BCUT2D eigenvalue weighted by Crippen LogP contribution is -2.20. The van der Waals surface area contributed by atoms with Crippen molar-refractivity contribution < 1.29 is 9.53 Å². The summed E-state index contributed by atoms with van der Waals surface area (Å²) in [6.45, 7) is 1.14. The van der Waals surface area contributed by atoms with Crippen molar-refractivity contribution in [1.82, 2.24) is 5.32 Å². The third-order valence-electron chi connectivity index (χ3n) is 3.29. The quantitative estimate of drug-likeness (QED) is 0.821. The average Bonchev–Trinajstić information content (AvgIpc) is 2.29. The largest absolute Gasteiger partial charge is 0.492 e. The Balaban J connectivity index is 1.97. The fourth-order valence-electron chi connectivity index (χ4n) is 1.92. The first kappa shape index (κ1) is 13.6. The van der Waals surface area contributed by atoms with Crippen molar-refractivity contribution in [2.45, 2.75) is 19.3 Å². The van der Waals surface area contributed by atoms with E-state index in [1.165, 1.54) is 19.3 Å². The molecule has 0 unspecified atom stereocenters. The summed E-state index contributed by atoms with van der Waals surface area (Å²) in [5, 5.41) is 2.86. The summed E-state index contributed by atoms with van der Waals surface area (Å²) in [6, 6.07) is 5.52. The highest BCUT2D eigenvalue weighted by molar-refractivity contribution is 9.10. The molecule has 0 spiro atoms. The molecular formula is C14H18BrNO2. The second-order valence-electron chi connectivity index (χ2n) is 4.71. The summed E-state index contributed by atoms with van der Waals surface area (Å²) in [5.74, 6) is 1.62. The van der Waals surface area contributed by atoms with Gasteiger partial charge in [0.15, 0.2) is 5.78 Å². The first-order valence-corrected chi connectivity index (χ1v) is 7.10. The van der Waals surface area contributed by atoms with Crippen LogP contribution in [-0.4, -0.2) is 26.0 Å². The lowest BCUT2D eigenvalue weighted by atomic mass is 9.86. The molecule has 0 radical (unpaired) electrons. The maximum absolute atomic E-state index is 11.7. The normalized spacial score (nSPS) is 15.2. The fraction of sp³-hybridized carbons (Fsp3) is 0.500. The van der Waals surface area contributed by atoms with Crippen molar-refractivity contribution in [3.63, 3.8) is 0 Å². The Bertz CT molecular complexity index is 430. The second kappa shape index (κ2) is 6.34. The predicted octanol–water partition coefficient (Wildman–Crippen LogP) is 3.03. The minimum atomic E-state index is 0.0868. The molecule has 1 aromatic rings. The van der Waals surface area contributed by atoms with Crippen molar-refractivity contribution in [3.05, 3.63) is 28.2 Å². The third-order valence-corrected chi connectivity index (χ3v) is 3.91. The fourth-order valence-corrected chi connectivity index (χ4v) is 2.41. The number of carbonyl (C=O) groups is 1. The Kier molecular flexibility index (Phi) is 4.78. The molecule has 3 nitrogen and oxygen atoms in total. The summed E-state index contributed by atoms with van der Waals surface area (Å²) < 4.78 is 6.61. The van der Waals surface area contributed by atoms with Gasteiger partial charge < -0.3 is 10.1 Å². The molecule has 0 bridgehead atoms. The Morgan fingerprint density at radius 1 is 1.50 bits per heavy atom. The Morgan fingerprint density at radius 3 is 2.83 bits per heavy atom. The molecule has 1 aromatic carbocycles. The Labute approximate surface area is 116 Å². The molecule has 0 aromatic heterocycles. The second-order valence-corrected chi connectivity index (χ2v) is 5.56. The lowest BCUT2D eigenvalue weighted by molar-refractivity contribution is 0.0993. The molecular weight excluding hydrogens is 294 g/mol. The summed E-state index contributed by atoms with van der Waals surface area (Å²) in [4.78, 5) is 11.7. The molecule has 4 heteroatoms. The van der Waals surface area contributed by atoms with Crippen LogP contribution in [0.3, 0.4) is 0 Å². The first-order chi connectivity index (χ1) is 8.70. The molecule has 1 aliphatic rings. The average molecular weight is 312 g/mol. The number of rotatable bonds is 6. The lowest BCUT2D eigenvalue weighted by Gasteiger charge is -2.25. The van der Waals surface area contributed by atoms with Gasteiger partial charge in [-0.25, -0.2) is 0 Å². The van der Waals surface area contributed by atoms with E-state index in [4.69, 9.17) is 4.74 Å². The Hall–Kier alpha value is -0.870. The van der Waals surface area contributed by atoms with Crippen LogP contribution < -0.4 is 10.1 Å². The number of Topliss-reactive ketones (excluding diaryl/α,β-unsaturated/α-hetero) is 1.